The van der Waals surface area contributed by atoms with Crippen LogP contribution >= 0.6 is 0 Å². The van der Waals surface area contributed by atoms with Crippen LogP contribution in [0.5, 0.6) is 0 Å². The smallest absolute Gasteiger partial charge is 0.335 e. The molecule has 0 saturated carbocycles. The molecule has 0 amide bonds. The molecule has 3 nitrogen and oxygen atoms in total. The van der Waals surface area contributed by atoms with Crippen molar-refractivity contribution in [3.05, 3.63) is 34.9 Å². The van der Waals surface area contributed by atoms with Gasteiger partial charge in [0.25, 0.3) is 0 Å². The van der Waals surface area contributed by atoms with Crippen molar-refractivity contribution in [3.63, 3.8) is 0 Å². The second-order valence-electron chi connectivity index (χ2n) is 3.36. The van der Waals surface area contributed by atoms with E-state index in [0.717, 1.165) is 17.5 Å². The summed E-state index contributed by atoms with van der Waals surface area (Å²) in [7, 11) is 0. The Bertz CT molecular complexity index is 345. The van der Waals surface area contributed by atoms with Gasteiger partial charge in [-0.1, -0.05) is 13.0 Å². The van der Waals surface area contributed by atoms with E-state index >= 15 is 0 Å². The number of aromatic carboxylic acids is 1. The van der Waals surface area contributed by atoms with E-state index in [1.54, 1.807) is 12.1 Å². The van der Waals surface area contributed by atoms with Crippen molar-refractivity contribution < 1.29 is 9.90 Å². The van der Waals surface area contributed by atoms with Gasteiger partial charge in [-0.05, 0) is 36.6 Å². The zero-order chi connectivity index (χ0) is 10.7. The number of carboxylic acid groups (broad SMARTS) is 1. The lowest BCUT2D eigenvalue weighted by Gasteiger charge is -2.12. The molecule has 3 N–H and O–H groups in total. The normalized spacial score (nSPS) is 12.5. The van der Waals surface area contributed by atoms with Gasteiger partial charge in [0.05, 0.1) is 5.56 Å². The Kier molecular flexibility index (Phi) is 3.25. The van der Waals surface area contributed by atoms with Crippen molar-refractivity contribution in [2.75, 3.05) is 0 Å². The van der Waals surface area contributed by atoms with Crippen LogP contribution in [0.15, 0.2) is 18.2 Å². The van der Waals surface area contributed by atoms with E-state index in [9.17, 15) is 4.79 Å². The Labute approximate surface area is 83.6 Å². The predicted octanol–water partition coefficient (Wildman–Crippen LogP) is 1.97. The average Bonchev–Trinajstić information content (AvgIpc) is 2.16. The van der Waals surface area contributed by atoms with Crippen molar-refractivity contribution in [1.29, 1.82) is 0 Å². The van der Waals surface area contributed by atoms with Gasteiger partial charge in [-0.2, -0.15) is 0 Å². The standard InChI is InChI=1S/C11H15NO2/c1-3-8-4-5-9(11(13)14)6-10(8)7(2)12/h4-7H,3,12H2,1-2H3,(H,13,14)/t7-/m1/s1. The van der Waals surface area contributed by atoms with Crippen LogP contribution in [0.25, 0.3) is 0 Å². The van der Waals surface area contributed by atoms with Crippen LogP contribution in [-0.2, 0) is 6.42 Å². The summed E-state index contributed by atoms with van der Waals surface area (Å²) in [6.45, 7) is 3.89. The minimum absolute atomic E-state index is 0.121. The maximum atomic E-state index is 10.7. The van der Waals surface area contributed by atoms with Crippen molar-refractivity contribution >= 4 is 5.97 Å². The first kappa shape index (κ1) is 10.7. The van der Waals surface area contributed by atoms with Crippen molar-refractivity contribution in [2.45, 2.75) is 26.3 Å². The molecule has 3 heteroatoms. The number of nitrogens with two attached hydrogens (primary N) is 1. The van der Waals surface area contributed by atoms with Crippen LogP contribution in [0.4, 0.5) is 0 Å². The number of hydrogen-bond donors (Lipinski definition) is 2. The third-order valence-corrected chi connectivity index (χ3v) is 2.26. The molecule has 1 aromatic carbocycles. The highest BCUT2D eigenvalue weighted by Crippen LogP contribution is 2.18. The van der Waals surface area contributed by atoms with Gasteiger partial charge in [0.1, 0.15) is 0 Å². The van der Waals surface area contributed by atoms with E-state index in [0.29, 0.717) is 5.56 Å². The fraction of sp³-hybridized carbons (Fsp3) is 0.364. The maximum absolute atomic E-state index is 10.7. The van der Waals surface area contributed by atoms with Gasteiger partial charge in [-0.15, -0.1) is 0 Å². The van der Waals surface area contributed by atoms with Crippen LogP contribution in [0, 0.1) is 0 Å². The van der Waals surface area contributed by atoms with E-state index < -0.39 is 5.97 Å². The highest BCUT2D eigenvalue weighted by Gasteiger charge is 2.09. The Morgan fingerprint density at radius 1 is 1.57 bits per heavy atom. The number of carbonyl (C=O) groups is 1. The van der Waals surface area contributed by atoms with Crippen LogP contribution in [-0.4, -0.2) is 11.1 Å². The molecule has 0 heterocycles. The van der Waals surface area contributed by atoms with Gasteiger partial charge >= 0.3 is 5.97 Å². The first-order valence-electron chi connectivity index (χ1n) is 4.68. The lowest BCUT2D eigenvalue weighted by molar-refractivity contribution is 0.0697. The van der Waals surface area contributed by atoms with E-state index in [1.165, 1.54) is 0 Å². The summed E-state index contributed by atoms with van der Waals surface area (Å²) >= 11 is 0. The molecular formula is C11H15NO2. The molecule has 0 aliphatic carbocycles. The van der Waals surface area contributed by atoms with E-state index in [4.69, 9.17) is 10.8 Å². The van der Waals surface area contributed by atoms with Gasteiger partial charge < -0.3 is 10.8 Å². The molecule has 0 aromatic heterocycles. The molecule has 76 valence electrons. The van der Waals surface area contributed by atoms with Gasteiger partial charge in [-0.3, -0.25) is 0 Å². The summed E-state index contributed by atoms with van der Waals surface area (Å²) in [4.78, 5) is 10.7. The predicted molar refractivity (Wildman–Crippen MR) is 55.4 cm³/mol. The lowest BCUT2D eigenvalue weighted by Crippen LogP contribution is -2.10. The van der Waals surface area contributed by atoms with Crippen LogP contribution in [0.2, 0.25) is 0 Å². The van der Waals surface area contributed by atoms with Gasteiger partial charge in [0.2, 0.25) is 0 Å². The highest BCUT2D eigenvalue weighted by molar-refractivity contribution is 5.87. The van der Waals surface area contributed by atoms with Crippen molar-refractivity contribution in [3.8, 4) is 0 Å². The molecule has 1 atom stereocenters. The molecule has 0 radical (unpaired) electrons. The summed E-state index contributed by atoms with van der Waals surface area (Å²) in [6, 6.07) is 4.99. The van der Waals surface area contributed by atoms with Crippen molar-refractivity contribution in [1.82, 2.24) is 0 Å². The Morgan fingerprint density at radius 2 is 2.21 bits per heavy atom. The van der Waals surface area contributed by atoms with Gasteiger partial charge in [0, 0.05) is 6.04 Å². The van der Waals surface area contributed by atoms with E-state index in [1.807, 2.05) is 19.9 Å². The average molecular weight is 193 g/mol. The topological polar surface area (TPSA) is 63.3 Å². The summed E-state index contributed by atoms with van der Waals surface area (Å²) < 4.78 is 0. The van der Waals surface area contributed by atoms with Gasteiger partial charge in [-0.25, -0.2) is 4.79 Å². The third-order valence-electron chi connectivity index (χ3n) is 2.26. The summed E-state index contributed by atoms with van der Waals surface area (Å²) in [6.07, 6.45) is 0.872. The quantitative estimate of drug-likeness (QED) is 0.771. The largest absolute Gasteiger partial charge is 0.478 e. The molecule has 1 rings (SSSR count). The fourth-order valence-corrected chi connectivity index (χ4v) is 1.47. The molecular weight excluding hydrogens is 178 g/mol. The first-order valence-corrected chi connectivity index (χ1v) is 4.68. The Hall–Kier alpha value is -1.35. The molecule has 0 bridgehead atoms. The second kappa shape index (κ2) is 4.24. The Morgan fingerprint density at radius 3 is 2.64 bits per heavy atom. The van der Waals surface area contributed by atoms with Crippen LogP contribution < -0.4 is 5.73 Å². The van der Waals surface area contributed by atoms with Gasteiger partial charge in [0.15, 0.2) is 0 Å². The molecule has 0 unspecified atom stereocenters. The third kappa shape index (κ3) is 2.12. The minimum Gasteiger partial charge on any atom is -0.478 e. The first-order chi connectivity index (χ1) is 6.56. The number of hydrogen-bond acceptors (Lipinski definition) is 2. The lowest BCUT2D eigenvalue weighted by atomic mass is 9.97. The molecule has 0 aliphatic rings. The Balaban J connectivity index is 3.20. The molecule has 0 saturated heterocycles. The number of rotatable bonds is 3. The second-order valence-corrected chi connectivity index (χ2v) is 3.36. The molecule has 0 aliphatic heterocycles. The molecule has 1 aromatic rings. The summed E-state index contributed by atoms with van der Waals surface area (Å²) in [5, 5.41) is 8.81. The summed E-state index contributed by atoms with van der Waals surface area (Å²) in [5.41, 5.74) is 8.11. The zero-order valence-corrected chi connectivity index (χ0v) is 8.45. The monoisotopic (exact) mass is 193 g/mol. The van der Waals surface area contributed by atoms with Crippen molar-refractivity contribution in [2.24, 2.45) is 5.73 Å². The minimum atomic E-state index is -0.908. The molecule has 14 heavy (non-hydrogen) atoms. The van der Waals surface area contributed by atoms with Crippen LogP contribution in [0.1, 0.15) is 41.4 Å². The summed E-state index contributed by atoms with van der Waals surface area (Å²) in [5.74, 6) is -0.908. The number of benzene rings is 1. The fourth-order valence-electron chi connectivity index (χ4n) is 1.47. The molecule has 0 fully saturated rings. The zero-order valence-electron chi connectivity index (χ0n) is 8.45. The highest BCUT2D eigenvalue weighted by atomic mass is 16.4. The van der Waals surface area contributed by atoms with E-state index in [-0.39, 0.29) is 6.04 Å². The maximum Gasteiger partial charge on any atom is 0.335 e. The SMILES string of the molecule is CCc1ccc(C(=O)O)cc1[C@@H](C)N. The van der Waals surface area contributed by atoms with Crippen LogP contribution in [0.3, 0.4) is 0 Å². The number of carboxylic acids is 1. The van der Waals surface area contributed by atoms with E-state index in [2.05, 4.69) is 0 Å². The molecule has 0 spiro atoms. The number of aryl methyl sites for hydroxylation is 1.